The summed E-state index contributed by atoms with van der Waals surface area (Å²) in [6.07, 6.45) is 4.16. The van der Waals surface area contributed by atoms with E-state index in [4.69, 9.17) is 0 Å². The molecule has 3 heteroatoms. The molecule has 0 bridgehead atoms. The van der Waals surface area contributed by atoms with E-state index < -0.39 is 0 Å². The highest BCUT2D eigenvalue weighted by Crippen LogP contribution is 2.25. The van der Waals surface area contributed by atoms with E-state index in [0.29, 0.717) is 0 Å². The topological polar surface area (TPSA) is 18.5 Å². The van der Waals surface area contributed by atoms with Crippen molar-refractivity contribution in [3.63, 3.8) is 0 Å². The fourth-order valence-electron chi connectivity index (χ4n) is 2.50. The van der Waals surface area contributed by atoms with Crippen molar-refractivity contribution < 1.29 is 0 Å². The van der Waals surface area contributed by atoms with Crippen LogP contribution in [-0.2, 0) is 0 Å². The molecule has 0 aromatic heterocycles. The number of likely N-dealkylation sites (N-methyl/N-ethyl adjacent to an activating group) is 2. The Morgan fingerprint density at radius 1 is 1.13 bits per heavy atom. The second-order valence-electron chi connectivity index (χ2n) is 5.15. The van der Waals surface area contributed by atoms with Crippen LogP contribution in [0.5, 0.6) is 0 Å². The predicted octanol–water partition coefficient (Wildman–Crippen LogP) is 0.868. The highest BCUT2D eigenvalue weighted by Gasteiger charge is 2.26. The number of nitrogens with zero attached hydrogens (tertiary/aromatic N) is 2. The summed E-state index contributed by atoms with van der Waals surface area (Å²) >= 11 is 0. The Balaban J connectivity index is 2.21. The Bertz CT molecular complexity index is 170. The molecule has 0 aromatic carbocycles. The molecule has 1 aliphatic rings. The second kappa shape index (κ2) is 6.46. The molecule has 0 amide bonds. The number of hydrogen-bond acceptors (Lipinski definition) is 3. The minimum atomic E-state index is 0.756. The molecular weight excluding hydrogens is 186 g/mol. The Kier molecular flexibility index (Phi) is 5.58. The van der Waals surface area contributed by atoms with Crippen molar-refractivity contribution in [3.8, 4) is 0 Å². The molecule has 2 atom stereocenters. The first kappa shape index (κ1) is 12.9. The van der Waals surface area contributed by atoms with Gasteiger partial charge in [0.1, 0.15) is 0 Å². The van der Waals surface area contributed by atoms with Crippen LogP contribution in [0.1, 0.15) is 19.3 Å². The predicted molar refractivity (Wildman–Crippen MR) is 66.2 cm³/mol. The molecule has 0 spiro atoms. The largest absolute Gasteiger partial charge is 0.317 e. The van der Waals surface area contributed by atoms with Gasteiger partial charge >= 0.3 is 0 Å². The lowest BCUT2D eigenvalue weighted by Crippen LogP contribution is -2.38. The second-order valence-corrected chi connectivity index (χ2v) is 5.15. The molecular formula is C12H27N3. The molecule has 15 heavy (non-hydrogen) atoms. The average molecular weight is 213 g/mol. The number of nitrogens with one attached hydrogen (secondary N) is 1. The number of rotatable bonds is 6. The number of hydrogen-bond donors (Lipinski definition) is 1. The molecule has 0 aliphatic heterocycles. The summed E-state index contributed by atoms with van der Waals surface area (Å²) in [5, 5.41) is 3.45. The Hall–Kier alpha value is -0.120. The zero-order valence-corrected chi connectivity index (χ0v) is 10.8. The molecule has 1 aliphatic carbocycles. The summed E-state index contributed by atoms with van der Waals surface area (Å²) in [7, 11) is 8.62. The van der Waals surface area contributed by atoms with Crippen molar-refractivity contribution in [2.75, 3.05) is 47.8 Å². The molecule has 0 aromatic rings. The first-order valence-corrected chi connectivity index (χ1v) is 6.14. The molecule has 1 saturated carbocycles. The van der Waals surface area contributed by atoms with Crippen LogP contribution in [0.15, 0.2) is 0 Å². The fourth-order valence-corrected chi connectivity index (χ4v) is 2.50. The standard InChI is InChI=1S/C12H27N3/c1-13-12-7-5-6-11(12)10-15(4)9-8-14(2)3/h11-13H,5-10H2,1-4H3. The van der Waals surface area contributed by atoms with Crippen LogP contribution in [0.25, 0.3) is 0 Å². The summed E-state index contributed by atoms with van der Waals surface area (Å²) in [6.45, 7) is 3.59. The van der Waals surface area contributed by atoms with Crippen molar-refractivity contribution >= 4 is 0 Å². The van der Waals surface area contributed by atoms with E-state index in [2.05, 4.69) is 43.3 Å². The van der Waals surface area contributed by atoms with Gasteiger partial charge in [0, 0.05) is 25.7 Å². The van der Waals surface area contributed by atoms with Gasteiger partial charge < -0.3 is 15.1 Å². The maximum Gasteiger partial charge on any atom is 0.0106 e. The normalized spacial score (nSPS) is 26.8. The molecule has 90 valence electrons. The first-order valence-electron chi connectivity index (χ1n) is 6.14. The third-order valence-electron chi connectivity index (χ3n) is 3.50. The van der Waals surface area contributed by atoms with Crippen LogP contribution in [0.3, 0.4) is 0 Å². The molecule has 1 fully saturated rings. The summed E-state index contributed by atoms with van der Waals surface area (Å²) in [5.41, 5.74) is 0. The third-order valence-corrected chi connectivity index (χ3v) is 3.50. The van der Waals surface area contributed by atoms with E-state index in [1.165, 1.54) is 32.4 Å². The van der Waals surface area contributed by atoms with Gasteiger partial charge in [-0.3, -0.25) is 0 Å². The highest BCUT2D eigenvalue weighted by atomic mass is 15.2. The smallest absolute Gasteiger partial charge is 0.0106 e. The zero-order chi connectivity index (χ0) is 11.3. The third kappa shape index (κ3) is 4.49. The van der Waals surface area contributed by atoms with Gasteiger partial charge in [0.2, 0.25) is 0 Å². The minimum absolute atomic E-state index is 0.756. The highest BCUT2D eigenvalue weighted by molar-refractivity contribution is 4.83. The SMILES string of the molecule is CNC1CCCC1CN(C)CCN(C)C. The molecule has 1 N–H and O–H groups in total. The quantitative estimate of drug-likeness (QED) is 0.706. The van der Waals surface area contributed by atoms with Crippen molar-refractivity contribution in [1.29, 1.82) is 0 Å². The lowest BCUT2D eigenvalue weighted by atomic mass is 10.0. The van der Waals surface area contributed by atoms with Gasteiger partial charge in [-0.15, -0.1) is 0 Å². The summed E-state index contributed by atoms with van der Waals surface area (Å²) in [4.78, 5) is 4.72. The zero-order valence-electron chi connectivity index (χ0n) is 10.8. The van der Waals surface area contributed by atoms with Crippen LogP contribution in [0, 0.1) is 5.92 Å². The van der Waals surface area contributed by atoms with Crippen molar-refractivity contribution in [2.24, 2.45) is 5.92 Å². The van der Waals surface area contributed by atoms with Crippen LogP contribution < -0.4 is 5.32 Å². The molecule has 0 radical (unpaired) electrons. The van der Waals surface area contributed by atoms with E-state index in [0.717, 1.165) is 18.5 Å². The van der Waals surface area contributed by atoms with E-state index >= 15 is 0 Å². The van der Waals surface area contributed by atoms with Gasteiger partial charge in [-0.2, -0.15) is 0 Å². The lowest BCUT2D eigenvalue weighted by Gasteiger charge is -2.26. The molecule has 2 unspecified atom stereocenters. The maximum atomic E-state index is 3.45. The van der Waals surface area contributed by atoms with Gasteiger partial charge in [-0.05, 0) is 47.0 Å². The van der Waals surface area contributed by atoms with Gasteiger partial charge in [0.05, 0.1) is 0 Å². The fraction of sp³-hybridized carbons (Fsp3) is 1.00. The molecule has 0 saturated heterocycles. The summed E-state index contributed by atoms with van der Waals surface area (Å²) in [6, 6.07) is 0.756. The van der Waals surface area contributed by atoms with Crippen molar-refractivity contribution in [2.45, 2.75) is 25.3 Å². The summed E-state index contributed by atoms with van der Waals surface area (Å²) in [5.74, 6) is 0.863. The van der Waals surface area contributed by atoms with Crippen molar-refractivity contribution in [3.05, 3.63) is 0 Å². The molecule has 3 nitrogen and oxygen atoms in total. The van der Waals surface area contributed by atoms with Crippen LogP contribution in [0.2, 0.25) is 0 Å². The van der Waals surface area contributed by atoms with Crippen LogP contribution in [0.4, 0.5) is 0 Å². The van der Waals surface area contributed by atoms with Crippen LogP contribution >= 0.6 is 0 Å². The van der Waals surface area contributed by atoms with E-state index in [-0.39, 0.29) is 0 Å². The van der Waals surface area contributed by atoms with Gasteiger partial charge in [0.25, 0.3) is 0 Å². The van der Waals surface area contributed by atoms with E-state index in [1.807, 2.05) is 0 Å². The minimum Gasteiger partial charge on any atom is -0.317 e. The molecule has 1 rings (SSSR count). The Morgan fingerprint density at radius 2 is 1.87 bits per heavy atom. The van der Waals surface area contributed by atoms with Gasteiger partial charge in [0.15, 0.2) is 0 Å². The monoisotopic (exact) mass is 213 g/mol. The van der Waals surface area contributed by atoms with Gasteiger partial charge in [-0.25, -0.2) is 0 Å². The molecule has 0 heterocycles. The van der Waals surface area contributed by atoms with Gasteiger partial charge in [-0.1, -0.05) is 6.42 Å². The maximum absolute atomic E-state index is 3.45. The van der Waals surface area contributed by atoms with E-state index in [9.17, 15) is 0 Å². The lowest BCUT2D eigenvalue weighted by molar-refractivity contribution is 0.232. The van der Waals surface area contributed by atoms with Crippen LogP contribution in [-0.4, -0.2) is 63.7 Å². The first-order chi connectivity index (χ1) is 7.13. The van der Waals surface area contributed by atoms with E-state index in [1.54, 1.807) is 0 Å². The Labute approximate surface area is 94.8 Å². The van der Waals surface area contributed by atoms with Crippen molar-refractivity contribution in [1.82, 2.24) is 15.1 Å². The average Bonchev–Trinajstić information content (AvgIpc) is 2.62. The Morgan fingerprint density at radius 3 is 2.47 bits per heavy atom. The summed E-state index contributed by atoms with van der Waals surface area (Å²) < 4.78 is 0.